The molecule has 1 fully saturated rings. The van der Waals surface area contributed by atoms with Gasteiger partial charge in [0, 0.05) is 12.6 Å². The van der Waals surface area contributed by atoms with Gasteiger partial charge >= 0.3 is 0 Å². The average Bonchev–Trinajstić information content (AvgIpc) is 3.32. The summed E-state index contributed by atoms with van der Waals surface area (Å²) in [6.45, 7) is 7.23. The predicted octanol–water partition coefficient (Wildman–Crippen LogP) is 5.36. The highest BCUT2D eigenvalue weighted by Crippen LogP contribution is 2.38. The molecule has 0 radical (unpaired) electrons. The van der Waals surface area contributed by atoms with E-state index in [1.54, 1.807) is 6.07 Å². The number of aryl methyl sites for hydroxylation is 1. The van der Waals surface area contributed by atoms with E-state index in [2.05, 4.69) is 29.4 Å². The Balaban J connectivity index is 0.000000847. The number of hydrogen-bond acceptors (Lipinski definition) is 1. The maximum Gasteiger partial charge on any atom is 0.126 e. The van der Waals surface area contributed by atoms with Gasteiger partial charge in [0.1, 0.15) is 5.82 Å². The van der Waals surface area contributed by atoms with E-state index in [4.69, 9.17) is 0 Å². The first-order valence-corrected chi connectivity index (χ1v) is 10.4. The molecule has 2 unspecified atom stereocenters. The molecule has 0 aromatic heterocycles. The second-order valence-corrected chi connectivity index (χ2v) is 7.96. The topological polar surface area (TPSA) is 3.24 Å². The summed E-state index contributed by atoms with van der Waals surface area (Å²) in [4.78, 5) is 0. The molecule has 0 bridgehead atoms. The van der Waals surface area contributed by atoms with E-state index in [1.165, 1.54) is 24.0 Å². The van der Waals surface area contributed by atoms with Crippen LogP contribution in [-0.2, 0) is 12.8 Å². The van der Waals surface area contributed by atoms with Gasteiger partial charge in [0.05, 0.1) is 0 Å². The Hall–Kier alpha value is -0.670. The zero-order valence-corrected chi connectivity index (χ0v) is 15.3. The highest BCUT2D eigenvalue weighted by molar-refractivity contribution is 8.11. The molecule has 0 saturated heterocycles. The van der Waals surface area contributed by atoms with Crippen molar-refractivity contribution < 1.29 is 4.39 Å². The minimum Gasteiger partial charge on any atom is -0.249 e. The first-order valence-electron chi connectivity index (χ1n) is 8.60. The van der Waals surface area contributed by atoms with Crippen molar-refractivity contribution in [2.75, 3.05) is 12.8 Å². The molecule has 124 valence electrons. The van der Waals surface area contributed by atoms with Gasteiger partial charge < -0.3 is 0 Å². The lowest BCUT2D eigenvalue weighted by molar-refractivity contribution is 0.361. The standard InChI is InChI=1S/C17H24FNS.C2H6/c1-12-16-10-15(7-6-13-4-5-13)17(18)11-14(16)8-9-19(12)20(2)3;1-2/h10-13H,2,4-9H2,1,3H3;1-2H3. The Bertz CT molecular complexity index is 536. The molecule has 1 aliphatic carbocycles. The Kier molecular flexibility index (Phi) is 6.22. The quantitative estimate of drug-likeness (QED) is 0.674. The van der Waals surface area contributed by atoms with E-state index < -0.39 is 0 Å². The van der Waals surface area contributed by atoms with E-state index in [9.17, 15) is 4.39 Å². The fourth-order valence-electron chi connectivity index (χ4n) is 3.25. The van der Waals surface area contributed by atoms with Crippen molar-refractivity contribution in [3.8, 4) is 0 Å². The van der Waals surface area contributed by atoms with Gasteiger partial charge in [-0.3, -0.25) is 0 Å². The lowest BCUT2D eigenvalue weighted by Gasteiger charge is -2.36. The van der Waals surface area contributed by atoms with E-state index >= 15 is 0 Å². The van der Waals surface area contributed by atoms with Crippen LogP contribution >= 0.6 is 10.7 Å². The van der Waals surface area contributed by atoms with Crippen LogP contribution in [0.1, 0.15) is 62.8 Å². The first-order chi connectivity index (χ1) is 10.6. The van der Waals surface area contributed by atoms with Gasteiger partial charge in [-0.05, 0) is 61.1 Å². The van der Waals surface area contributed by atoms with Gasteiger partial charge in [0.2, 0.25) is 0 Å². The highest BCUT2D eigenvalue weighted by Gasteiger charge is 2.26. The summed E-state index contributed by atoms with van der Waals surface area (Å²) in [5.74, 6) is 5.04. The summed E-state index contributed by atoms with van der Waals surface area (Å²) >= 11 is 0. The minimum atomic E-state index is 0.00942. The maximum atomic E-state index is 14.2. The first kappa shape index (κ1) is 17.7. The van der Waals surface area contributed by atoms with E-state index in [0.29, 0.717) is 6.04 Å². The Morgan fingerprint density at radius 3 is 2.59 bits per heavy atom. The highest BCUT2D eigenvalue weighted by atomic mass is 32.2. The molecule has 0 amide bonds. The van der Waals surface area contributed by atoms with E-state index in [-0.39, 0.29) is 16.5 Å². The van der Waals surface area contributed by atoms with Gasteiger partial charge in [-0.15, -0.1) is 10.7 Å². The summed E-state index contributed by atoms with van der Waals surface area (Å²) < 4.78 is 16.6. The smallest absolute Gasteiger partial charge is 0.126 e. The van der Waals surface area contributed by atoms with Gasteiger partial charge in [0.25, 0.3) is 0 Å². The lowest BCUT2D eigenvalue weighted by Crippen LogP contribution is -2.29. The summed E-state index contributed by atoms with van der Waals surface area (Å²) in [7, 11) is 0.0372. The van der Waals surface area contributed by atoms with E-state index in [1.807, 2.05) is 13.8 Å². The van der Waals surface area contributed by atoms with Crippen LogP contribution in [0.15, 0.2) is 12.1 Å². The fourth-order valence-corrected chi connectivity index (χ4v) is 4.30. The summed E-state index contributed by atoms with van der Waals surface area (Å²) in [6.07, 6.45) is 7.86. The van der Waals surface area contributed by atoms with E-state index in [0.717, 1.165) is 37.3 Å². The van der Waals surface area contributed by atoms with Gasteiger partial charge in [-0.25, -0.2) is 8.70 Å². The van der Waals surface area contributed by atoms with Crippen molar-refractivity contribution in [1.29, 1.82) is 0 Å². The summed E-state index contributed by atoms with van der Waals surface area (Å²) in [5.41, 5.74) is 3.45. The molecule has 1 nitrogen and oxygen atoms in total. The van der Waals surface area contributed by atoms with Crippen molar-refractivity contribution in [2.45, 2.75) is 58.9 Å². The molecular weight excluding hydrogens is 293 g/mol. The third-order valence-electron chi connectivity index (χ3n) is 4.71. The number of hydrogen-bond donors (Lipinski definition) is 0. The molecule has 1 aromatic rings. The predicted molar refractivity (Wildman–Crippen MR) is 98.3 cm³/mol. The third kappa shape index (κ3) is 3.99. The monoisotopic (exact) mass is 323 g/mol. The molecule has 2 atom stereocenters. The van der Waals surface area contributed by atoms with Gasteiger partial charge in [-0.2, -0.15) is 0 Å². The van der Waals surface area contributed by atoms with Gasteiger partial charge in [-0.1, -0.05) is 38.6 Å². The van der Waals surface area contributed by atoms with Crippen LogP contribution in [0.2, 0.25) is 0 Å². The maximum absolute atomic E-state index is 14.2. The van der Waals surface area contributed by atoms with Crippen LogP contribution in [0.25, 0.3) is 0 Å². The summed E-state index contributed by atoms with van der Waals surface area (Å²) in [6, 6.07) is 4.30. The molecule has 22 heavy (non-hydrogen) atoms. The molecular formula is C19H30FNS. The van der Waals surface area contributed by atoms with Gasteiger partial charge in [0.15, 0.2) is 0 Å². The number of nitrogens with zero attached hydrogens (tertiary/aromatic N) is 1. The zero-order chi connectivity index (χ0) is 16.3. The van der Waals surface area contributed by atoms with Crippen LogP contribution in [0.5, 0.6) is 0 Å². The van der Waals surface area contributed by atoms with Crippen LogP contribution in [0, 0.1) is 11.7 Å². The van der Waals surface area contributed by atoms with Crippen molar-refractivity contribution in [2.24, 2.45) is 5.92 Å². The Morgan fingerprint density at radius 1 is 1.32 bits per heavy atom. The normalized spacial score (nSPS) is 22.5. The molecule has 1 heterocycles. The second-order valence-electron chi connectivity index (χ2n) is 6.29. The third-order valence-corrected chi connectivity index (χ3v) is 6.01. The Morgan fingerprint density at radius 2 is 2.00 bits per heavy atom. The lowest BCUT2D eigenvalue weighted by atomic mass is 9.91. The van der Waals surface area contributed by atoms with Crippen LogP contribution in [0.4, 0.5) is 4.39 Å². The molecule has 0 N–H and O–H groups in total. The number of halogens is 1. The molecule has 1 saturated carbocycles. The SMILES string of the molecule is C=S(C)N1CCc2cc(F)c(CCC3CC3)cc2C1C.CC. The largest absolute Gasteiger partial charge is 0.249 e. The number of benzene rings is 1. The van der Waals surface area contributed by atoms with Crippen molar-refractivity contribution in [3.05, 3.63) is 34.6 Å². The fraction of sp³-hybridized carbons (Fsp3) is 0.632. The molecule has 1 aromatic carbocycles. The number of rotatable bonds is 4. The second kappa shape index (κ2) is 7.74. The molecule has 0 spiro atoms. The molecule has 3 heteroatoms. The van der Waals surface area contributed by atoms with Crippen molar-refractivity contribution >= 4 is 16.5 Å². The molecule has 2 aliphatic rings. The molecule has 3 rings (SSSR count). The minimum absolute atomic E-state index is 0.00942. The van der Waals surface area contributed by atoms with Crippen LogP contribution in [-0.4, -0.2) is 23.0 Å². The van der Waals surface area contributed by atoms with Crippen molar-refractivity contribution in [1.82, 2.24) is 4.31 Å². The van der Waals surface area contributed by atoms with Crippen LogP contribution in [0.3, 0.4) is 0 Å². The van der Waals surface area contributed by atoms with Crippen molar-refractivity contribution in [3.63, 3.8) is 0 Å². The number of fused-ring (bicyclic) bond motifs is 1. The molecule has 1 aliphatic heterocycles. The Labute approximate surface area is 138 Å². The zero-order valence-electron chi connectivity index (χ0n) is 14.5. The average molecular weight is 324 g/mol. The summed E-state index contributed by atoms with van der Waals surface area (Å²) in [5, 5.41) is 0. The van der Waals surface area contributed by atoms with Crippen LogP contribution < -0.4 is 0 Å².